The van der Waals surface area contributed by atoms with E-state index in [0.717, 1.165) is 74.3 Å². The molecule has 0 radical (unpaired) electrons. The van der Waals surface area contributed by atoms with Crippen LogP contribution in [0.4, 0.5) is 5.69 Å². The number of carbonyl (C=O) groups is 1. The maximum Gasteiger partial charge on any atom is 0.229 e. The standard InChI is InChI=1S/C32H42ClN3O4/c1-23-30(37)35(2)17-9-6-4-5-7-10-18-36-19-11-8-12-24-20-27(33)15-13-25(24)22-40-29-16-14-26(21-28(29)36)32(23,38)31(34)39-3/h6,9,13-16,20-21,23,34,38H,4-5,7-8,10-12,17-19,22H2,1-3H3/b9-6-,34-31?/t23-,32+/m1/s1. The number of fused-ring (bicyclic) bond motifs is 2. The molecular weight excluding hydrogens is 526 g/mol. The van der Waals surface area contributed by atoms with E-state index in [9.17, 15) is 9.90 Å². The van der Waals surface area contributed by atoms with Crippen molar-refractivity contribution in [1.82, 2.24) is 4.90 Å². The zero-order valence-electron chi connectivity index (χ0n) is 23.9. The van der Waals surface area contributed by atoms with Crippen LogP contribution < -0.4 is 9.64 Å². The van der Waals surface area contributed by atoms with E-state index in [-0.39, 0.29) is 11.8 Å². The smallest absolute Gasteiger partial charge is 0.229 e. The number of hydrogen-bond donors (Lipinski definition) is 2. The Bertz CT molecular complexity index is 1230. The number of amides is 1. The number of methoxy groups -OCH3 is 1. The van der Waals surface area contributed by atoms with Crippen LogP contribution in [0, 0.1) is 11.3 Å². The number of likely N-dealkylation sites (N-methyl/N-ethyl adjacent to an activating group) is 1. The molecule has 0 aromatic heterocycles. The highest BCUT2D eigenvalue weighted by Crippen LogP contribution is 2.39. The molecule has 0 saturated carbocycles. The first-order valence-corrected chi connectivity index (χ1v) is 14.7. The molecule has 4 rings (SSSR count). The molecule has 2 aliphatic rings. The number of ether oxygens (including phenoxy) is 2. The molecule has 2 aromatic carbocycles. The second kappa shape index (κ2) is 13.6. The Labute approximate surface area is 243 Å². The second-order valence-corrected chi connectivity index (χ2v) is 11.3. The summed E-state index contributed by atoms with van der Waals surface area (Å²) in [5, 5.41) is 21.4. The number of nitrogens with zero attached hydrogens (tertiary/aromatic N) is 2. The molecular formula is C32H42ClN3O4. The molecule has 2 bridgehead atoms. The van der Waals surface area contributed by atoms with Crippen LogP contribution >= 0.6 is 11.6 Å². The summed E-state index contributed by atoms with van der Waals surface area (Å²) >= 11 is 6.31. The molecule has 40 heavy (non-hydrogen) atoms. The van der Waals surface area contributed by atoms with Gasteiger partial charge in [-0.25, -0.2) is 0 Å². The largest absolute Gasteiger partial charge is 0.487 e. The Kier molecular flexibility index (Phi) is 10.1. The van der Waals surface area contributed by atoms with Crippen molar-refractivity contribution >= 4 is 29.1 Å². The van der Waals surface area contributed by atoms with E-state index in [0.29, 0.717) is 24.5 Å². The molecule has 0 unspecified atom stereocenters. The zero-order chi connectivity index (χ0) is 28.7. The third-order valence-corrected chi connectivity index (χ3v) is 8.42. The van der Waals surface area contributed by atoms with Gasteiger partial charge in [0.25, 0.3) is 0 Å². The first-order chi connectivity index (χ1) is 19.3. The fourth-order valence-electron chi connectivity index (χ4n) is 5.64. The number of carbonyl (C=O) groups excluding carboxylic acids is 1. The van der Waals surface area contributed by atoms with Crippen molar-refractivity contribution in [3.8, 4) is 5.75 Å². The number of nitrogens with one attached hydrogen (secondary N) is 1. The summed E-state index contributed by atoms with van der Waals surface area (Å²) in [5.41, 5.74) is 1.66. The predicted octanol–water partition coefficient (Wildman–Crippen LogP) is 6.10. The van der Waals surface area contributed by atoms with Gasteiger partial charge in [0.2, 0.25) is 11.8 Å². The monoisotopic (exact) mass is 567 g/mol. The summed E-state index contributed by atoms with van der Waals surface area (Å²) in [6.07, 6.45) is 11.2. The van der Waals surface area contributed by atoms with Crippen molar-refractivity contribution in [2.75, 3.05) is 38.7 Å². The number of benzene rings is 2. The highest BCUT2D eigenvalue weighted by molar-refractivity contribution is 6.30. The van der Waals surface area contributed by atoms with E-state index in [1.54, 1.807) is 24.9 Å². The van der Waals surface area contributed by atoms with Gasteiger partial charge >= 0.3 is 0 Å². The maximum absolute atomic E-state index is 13.5. The van der Waals surface area contributed by atoms with Crippen LogP contribution in [0.1, 0.15) is 62.1 Å². The second-order valence-electron chi connectivity index (χ2n) is 10.9. The van der Waals surface area contributed by atoms with Crippen molar-refractivity contribution in [3.63, 3.8) is 0 Å². The number of aliphatic hydroxyl groups is 1. The van der Waals surface area contributed by atoms with Gasteiger partial charge in [-0.2, -0.15) is 0 Å². The predicted molar refractivity (Wildman–Crippen MR) is 160 cm³/mol. The molecule has 2 N–H and O–H groups in total. The molecule has 0 aliphatic carbocycles. The summed E-state index contributed by atoms with van der Waals surface area (Å²) < 4.78 is 11.7. The highest BCUT2D eigenvalue weighted by atomic mass is 35.5. The molecule has 0 spiro atoms. The first-order valence-electron chi connectivity index (χ1n) is 14.3. The summed E-state index contributed by atoms with van der Waals surface area (Å²) in [6.45, 7) is 4.17. The minimum atomic E-state index is -1.95. The zero-order valence-corrected chi connectivity index (χ0v) is 24.7. The minimum absolute atomic E-state index is 0.263. The van der Waals surface area contributed by atoms with Gasteiger partial charge in [0.1, 0.15) is 12.4 Å². The quantitative estimate of drug-likeness (QED) is 0.247. The fraction of sp³-hybridized carbons (Fsp3) is 0.500. The lowest BCUT2D eigenvalue weighted by molar-refractivity contribution is -0.140. The molecule has 2 aliphatic heterocycles. The van der Waals surface area contributed by atoms with Crippen molar-refractivity contribution in [1.29, 1.82) is 5.41 Å². The van der Waals surface area contributed by atoms with Gasteiger partial charge in [0, 0.05) is 31.7 Å². The van der Waals surface area contributed by atoms with Crippen LogP contribution in [0.2, 0.25) is 5.02 Å². The van der Waals surface area contributed by atoms with Gasteiger partial charge in [0.05, 0.1) is 18.7 Å². The van der Waals surface area contributed by atoms with Crippen LogP contribution in [0.15, 0.2) is 48.6 Å². The fourth-order valence-corrected chi connectivity index (χ4v) is 5.84. The van der Waals surface area contributed by atoms with Crippen LogP contribution in [0.3, 0.4) is 0 Å². The van der Waals surface area contributed by atoms with Crippen molar-refractivity contribution < 1.29 is 19.4 Å². The van der Waals surface area contributed by atoms with Crippen LogP contribution in [0.25, 0.3) is 0 Å². The van der Waals surface area contributed by atoms with E-state index in [1.165, 1.54) is 12.7 Å². The van der Waals surface area contributed by atoms with E-state index in [2.05, 4.69) is 11.0 Å². The highest BCUT2D eigenvalue weighted by Gasteiger charge is 2.46. The lowest BCUT2D eigenvalue weighted by Crippen LogP contribution is -2.49. The van der Waals surface area contributed by atoms with Gasteiger partial charge < -0.3 is 24.4 Å². The summed E-state index contributed by atoms with van der Waals surface area (Å²) in [5.74, 6) is -0.870. The van der Waals surface area contributed by atoms with Gasteiger partial charge in [-0.05, 0) is 86.4 Å². The lowest BCUT2D eigenvalue weighted by Gasteiger charge is -2.36. The number of allylic oxidation sites excluding steroid dienone is 1. The van der Waals surface area contributed by atoms with Gasteiger partial charge in [-0.15, -0.1) is 0 Å². The van der Waals surface area contributed by atoms with Crippen LogP contribution in [-0.2, 0) is 28.2 Å². The summed E-state index contributed by atoms with van der Waals surface area (Å²) in [4.78, 5) is 17.4. The van der Waals surface area contributed by atoms with E-state index >= 15 is 0 Å². The molecule has 2 aromatic rings. The number of anilines is 1. The average molecular weight is 568 g/mol. The van der Waals surface area contributed by atoms with E-state index in [4.69, 9.17) is 26.5 Å². The molecule has 1 amide bonds. The molecule has 2 atom stereocenters. The Morgan fingerprint density at radius 1 is 1.07 bits per heavy atom. The van der Waals surface area contributed by atoms with Gasteiger partial charge in [-0.3, -0.25) is 10.2 Å². The number of aryl methyl sites for hydroxylation is 1. The lowest BCUT2D eigenvalue weighted by atomic mass is 9.80. The van der Waals surface area contributed by atoms with E-state index in [1.807, 2.05) is 36.4 Å². The molecule has 216 valence electrons. The third kappa shape index (κ3) is 6.64. The average Bonchev–Trinajstić information content (AvgIpc) is 2.99. The Hall–Kier alpha value is -3.03. The maximum atomic E-state index is 13.5. The topological polar surface area (TPSA) is 86.1 Å². The summed E-state index contributed by atoms with van der Waals surface area (Å²) in [6, 6.07) is 11.5. The minimum Gasteiger partial charge on any atom is -0.487 e. The summed E-state index contributed by atoms with van der Waals surface area (Å²) in [7, 11) is 3.08. The first kappa shape index (κ1) is 29.9. The number of halogens is 1. The van der Waals surface area contributed by atoms with Crippen LogP contribution in [-0.4, -0.2) is 55.6 Å². The van der Waals surface area contributed by atoms with E-state index < -0.39 is 11.5 Å². The Balaban J connectivity index is 1.81. The Morgan fingerprint density at radius 3 is 2.62 bits per heavy atom. The SMILES string of the molecule is COC(=N)[C@@]1(O)c2ccc3c(c2)N(CCCCC/C=C\CN(C)C(=O)[C@H]1C)CCCCc1cc(Cl)ccc1CO3. The van der Waals surface area contributed by atoms with Crippen molar-refractivity contribution in [2.24, 2.45) is 5.92 Å². The Morgan fingerprint density at radius 2 is 1.85 bits per heavy atom. The molecule has 0 fully saturated rings. The van der Waals surface area contributed by atoms with Gasteiger partial charge in [-0.1, -0.05) is 42.3 Å². The molecule has 8 heteroatoms. The molecule has 7 nitrogen and oxygen atoms in total. The molecule has 2 heterocycles. The van der Waals surface area contributed by atoms with Crippen LogP contribution in [0.5, 0.6) is 5.75 Å². The van der Waals surface area contributed by atoms with Gasteiger partial charge in [0.15, 0.2) is 5.60 Å². The van der Waals surface area contributed by atoms with Crippen molar-refractivity contribution in [3.05, 3.63) is 70.3 Å². The number of hydrogen-bond acceptors (Lipinski definition) is 6. The third-order valence-electron chi connectivity index (χ3n) is 8.18. The number of rotatable bonds is 1. The van der Waals surface area contributed by atoms with Crippen molar-refractivity contribution in [2.45, 2.75) is 64.1 Å². The normalized spacial score (nSPS) is 23.8. The molecule has 0 saturated heterocycles.